The summed E-state index contributed by atoms with van der Waals surface area (Å²) in [6.07, 6.45) is 0. The lowest BCUT2D eigenvalue weighted by Crippen LogP contribution is -2.29. The molecule has 1 aliphatic rings. The predicted molar refractivity (Wildman–Crippen MR) is 120 cm³/mol. The highest BCUT2D eigenvalue weighted by atomic mass is 35.5. The summed E-state index contributed by atoms with van der Waals surface area (Å²) in [5.74, 6) is -2.14. The Morgan fingerprint density at radius 1 is 1.06 bits per heavy atom. The number of hydrogen-bond donors (Lipinski definition) is 1. The molecule has 0 bridgehead atoms. The molecule has 0 aliphatic carbocycles. The van der Waals surface area contributed by atoms with Gasteiger partial charge in [0.15, 0.2) is 0 Å². The molecule has 1 saturated heterocycles. The van der Waals surface area contributed by atoms with Crippen LogP contribution in [-0.2, 0) is 9.59 Å². The largest absolute Gasteiger partial charge is 0.507 e. The number of ether oxygens (including phenoxy) is 1. The zero-order chi connectivity index (χ0) is 22.8. The second kappa shape index (κ2) is 8.85. The molecule has 32 heavy (non-hydrogen) atoms. The van der Waals surface area contributed by atoms with Gasteiger partial charge in [-0.3, -0.25) is 14.5 Å². The summed E-state index contributed by atoms with van der Waals surface area (Å²) in [5.41, 5.74) is 1.12. The summed E-state index contributed by atoms with van der Waals surface area (Å²) in [7, 11) is 0. The van der Waals surface area contributed by atoms with Crippen LogP contribution in [0.15, 0.2) is 78.4 Å². The molecule has 1 fully saturated rings. The number of anilines is 1. The van der Waals surface area contributed by atoms with Crippen LogP contribution in [-0.4, -0.2) is 23.4 Å². The van der Waals surface area contributed by atoms with Gasteiger partial charge in [-0.25, -0.2) is 4.39 Å². The molecule has 1 amide bonds. The Balaban J connectivity index is 1.92. The maximum absolute atomic E-state index is 13.7. The first-order chi connectivity index (χ1) is 15.4. The van der Waals surface area contributed by atoms with E-state index in [-0.39, 0.29) is 22.0 Å². The van der Waals surface area contributed by atoms with Gasteiger partial charge in [-0.05, 0) is 42.8 Å². The monoisotopic (exact) mass is 451 g/mol. The van der Waals surface area contributed by atoms with Crippen molar-refractivity contribution >= 4 is 34.7 Å². The van der Waals surface area contributed by atoms with Gasteiger partial charge in [-0.2, -0.15) is 0 Å². The number of ketones is 1. The molecule has 0 radical (unpaired) electrons. The molecule has 3 aromatic carbocycles. The molecule has 7 heteroatoms. The fourth-order valence-corrected chi connectivity index (χ4v) is 3.91. The lowest BCUT2D eigenvalue weighted by molar-refractivity contribution is -0.132. The lowest BCUT2D eigenvalue weighted by atomic mass is 9.95. The average Bonchev–Trinajstić information content (AvgIpc) is 3.07. The molecule has 162 valence electrons. The molecule has 4 rings (SSSR count). The van der Waals surface area contributed by atoms with E-state index in [0.29, 0.717) is 23.5 Å². The molecule has 3 aromatic rings. The van der Waals surface area contributed by atoms with Gasteiger partial charge in [-0.15, -0.1) is 0 Å². The third kappa shape index (κ3) is 3.85. The van der Waals surface area contributed by atoms with Crippen LogP contribution in [0.3, 0.4) is 0 Å². The Morgan fingerprint density at radius 3 is 2.50 bits per heavy atom. The number of nitrogens with zero attached hydrogens (tertiary/aromatic N) is 1. The van der Waals surface area contributed by atoms with Crippen LogP contribution in [0, 0.1) is 5.82 Å². The van der Waals surface area contributed by atoms with E-state index < -0.39 is 23.5 Å². The zero-order valence-electron chi connectivity index (χ0n) is 17.1. The second-order valence-electron chi connectivity index (χ2n) is 7.14. The van der Waals surface area contributed by atoms with Crippen LogP contribution in [0.5, 0.6) is 5.75 Å². The first-order valence-electron chi connectivity index (χ1n) is 9.96. The van der Waals surface area contributed by atoms with Gasteiger partial charge < -0.3 is 9.84 Å². The van der Waals surface area contributed by atoms with Crippen LogP contribution in [0.25, 0.3) is 5.76 Å². The fourth-order valence-electron chi connectivity index (χ4n) is 3.74. The van der Waals surface area contributed by atoms with Crippen LogP contribution in [0.2, 0.25) is 5.02 Å². The third-order valence-electron chi connectivity index (χ3n) is 5.16. The van der Waals surface area contributed by atoms with E-state index in [1.807, 2.05) is 6.92 Å². The second-order valence-corrected chi connectivity index (χ2v) is 7.55. The van der Waals surface area contributed by atoms with Crippen molar-refractivity contribution in [3.63, 3.8) is 0 Å². The van der Waals surface area contributed by atoms with Gasteiger partial charge in [0.25, 0.3) is 11.7 Å². The fraction of sp³-hybridized carbons (Fsp3) is 0.120. The van der Waals surface area contributed by atoms with Crippen LogP contribution in [0.4, 0.5) is 10.1 Å². The van der Waals surface area contributed by atoms with Crippen molar-refractivity contribution in [3.05, 3.63) is 100 Å². The molecule has 1 atom stereocenters. The van der Waals surface area contributed by atoms with E-state index in [1.165, 1.54) is 17.0 Å². The minimum absolute atomic E-state index is 0.0738. The number of carbonyl (C=O) groups is 2. The highest BCUT2D eigenvalue weighted by Crippen LogP contribution is 2.43. The van der Waals surface area contributed by atoms with Crippen LogP contribution < -0.4 is 9.64 Å². The molecule has 1 aliphatic heterocycles. The molecule has 1 heterocycles. The summed E-state index contributed by atoms with van der Waals surface area (Å²) in [6, 6.07) is 18.3. The van der Waals surface area contributed by atoms with Gasteiger partial charge in [0.1, 0.15) is 17.3 Å². The van der Waals surface area contributed by atoms with E-state index in [9.17, 15) is 19.1 Å². The van der Waals surface area contributed by atoms with E-state index in [1.54, 1.807) is 54.6 Å². The lowest BCUT2D eigenvalue weighted by Gasteiger charge is -2.25. The van der Waals surface area contributed by atoms with Crippen molar-refractivity contribution in [2.24, 2.45) is 0 Å². The molecule has 1 N–H and O–H groups in total. The van der Waals surface area contributed by atoms with Crippen molar-refractivity contribution in [1.29, 1.82) is 0 Å². The number of Topliss-reactive ketones (excluding diaryl/α,β-unsaturated/α-hetero) is 1. The molecule has 0 saturated carbocycles. The van der Waals surface area contributed by atoms with E-state index in [4.69, 9.17) is 16.3 Å². The minimum atomic E-state index is -0.923. The van der Waals surface area contributed by atoms with Crippen molar-refractivity contribution in [2.45, 2.75) is 13.0 Å². The van der Waals surface area contributed by atoms with Gasteiger partial charge in [0.05, 0.1) is 23.2 Å². The Morgan fingerprint density at radius 2 is 1.81 bits per heavy atom. The average molecular weight is 452 g/mol. The maximum atomic E-state index is 13.7. The number of aliphatic hydroxyl groups excluding tert-OH is 1. The highest BCUT2D eigenvalue weighted by molar-refractivity contribution is 6.51. The number of halogens is 2. The van der Waals surface area contributed by atoms with Crippen molar-refractivity contribution < 1.29 is 23.8 Å². The van der Waals surface area contributed by atoms with E-state index in [2.05, 4.69) is 0 Å². The number of carbonyl (C=O) groups excluding carboxylic acids is 2. The van der Waals surface area contributed by atoms with E-state index in [0.717, 1.165) is 6.07 Å². The summed E-state index contributed by atoms with van der Waals surface area (Å²) in [6.45, 7) is 2.27. The summed E-state index contributed by atoms with van der Waals surface area (Å²) < 4.78 is 19.2. The Bertz CT molecular complexity index is 1230. The molecule has 0 spiro atoms. The SMILES string of the molecule is CCOc1cccc(/C(O)=C2\C(=O)C(=O)N(c3ccc(F)c(Cl)c3)C2c2ccccc2)c1. The number of aliphatic hydroxyl groups is 1. The maximum Gasteiger partial charge on any atom is 0.300 e. The minimum Gasteiger partial charge on any atom is -0.507 e. The Hall–Kier alpha value is -3.64. The van der Waals surface area contributed by atoms with Gasteiger partial charge in [0, 0.05) is 11.3 Å². The van der Waals surface area contributed by atoms with E-state index >= 15 is 0 Å². The standard InChI is InChI=1S/C25H19ClFNO4/c1-2-32-18-10-6-9-16(13-18)23(29)21-22(15-7-4-3-5-8-15)28(25(31)24(21)30)17-11-12-20(27)19(26)14-17/h3-14,22,29H,2H2,1H3/b23-21+. The predicted octanol–water partition coefficient (Wildman–Crippen LogP) is 5.50. The first-order valence-corrected chi connectivity index (χ1v) is 10.3. The normalized spacial score (nSPS) is 17.6. The highest BCUT2D eigenvalue weighted by Gasteiger charge is 2.47. The number of amides is 1. The first kappa shape index (κ1) is 21.6. The zero-order valence-corrected chi connectivity index (χ0v) is 17.8. The van der Waals surface area contributed by atoms with Crippen LogP contribution >= 0.6 is 11.6 Å². The Labute approximate surface area is 189 Å². The quantitative estimate of drug-likeness (QED) is 0.316. The van der Waals surface area contributed by atoms with Crippen molar-refractivity contribution in [3.8, 4) is 5.75 Å². The Kier molecular flexibility index (Phi) is 5.97. The molecule has 5 nitrogen and oxygen atoms in total. The molecular formula is C25H19ClFNO4. The summed E-state index contributed by atoms with van der Waals surface area (Å²) in [4.78, 5) is 27.4. The van der Waals surface area contributed by atoms with Crippen molar-refractivity contribution in [1.82, 2.24) is 0 Å². The molecular weight excluding hydrogens is 433 g/mol. The smallest absolute Gasteiger partial charge is 0.300 e. The van der Waals surface area contributed by atoms with Gasteiger partial charge >= 0.3 is 0 Å². The number of benzene rings is 3. The van der Waals surface area contributed by atoms with Crippen molar-refractivity contribution in [2.75, 3.05) is 11.5 Å². The third-order valence-corrected chi connectivity index (χ3v) is 5.45. The summed E-state index contributed by atoms with van der Waals surface area (Å²) >= 11 is 5.94. The van der Waals surface area contributed by atoms with Crippen LogP contribution in [0.1, 0.15) is 24.1 Å². The molecule has 1 unspecified atom stereocenters. The van der Waals surface area contributed by atoms with Gasteiger partial charge in [0.2, 0.25) is 0 Å². The topological polar surface area (TPSA) is 66.8 Å². The summed E-state index contributed by atoms with van der Waals surface area (Å²) in [5, 5.41) is 11.0. The number of rotatable bonds is 5. The van der Waals surface area contributed by atoms with Gasteiger partial charge in [-0.1, -0.05) is 54.1 Å². The number of hydrogen-bond acceptors (Lipinski definition) is 4. The molecule has 0 aromatic heterocycles.